The standard InChI is InChI=1S/2C5H10O2.Co/c2*1-2-3-4-5(6)7;/h2*2-4H2,1H3,(H,6,7);/q;;+2/p-2. The van der Waals surface area contributed by atoms with Gasteiger partial charge in [-0.15, -0.1) is 0 Å². The van der Waals surface area contributed by atoms with Crippen LogP contribution in [0.3, 0.4) is 0 Å². The van der Waals surface area contributed by atoms with Gasteiger partial charge in [0.1, 0.15) is 0 Å². The predicted molar refractivity (Wildman–Crippen MR) is 49.1 cm³/mol. The zero-order valence-electron chi connectivity index (χ0n) is 9.21. The van der Waals surface area contributed by atoms with Gasteiger partial charge in [-0.2, -0.15) is 0 Å². The summed E-state index contributed by atoms with van der Waals surface area (Å²) >= 11 is 0. The molecule has 91 valence electrons. The number of carbonyl (C=O) groups is 2. The Morgan fingerprint density at radius 2 is 1.13 bits per heavy atom. The van der Waals surface area contributed by atoms with Gasteiger partial charge in [0.05, 0.1) is 0 Å². The van der Waals surface area contributed by atoms with E-state index < -0.39 is 11.9 Å². The summed E-state index contributed by atoms with van der Waals surface area (Å²) in [6, 6.07) is 0. The predicted octanol–water partition coefficient (Wildman–Crippen LogP) is -0.149. The fourth-order valence-corrected chi connectivity index (χ4v) is 0.642. The molecule has 0 rings (SSSR count). The number of carbonyl (C=O) groups excluding carboxylic acids is 2. The summed E-state index contributed by atoms with van der Waals surface area (Å²) in [5.74, 6) is -1.89. The van der Waals surface area contributed by atoms with E-state index in [1.54, 1.807) is 0 Å². The Bertz CT molecular complexity index is 142. The first kappa shape index (κ1) is 19.9. The third-order valence-electron chi connectivity index (χ3n) is 1.47. The van der Waals surface area contributed by atoms with Crippen molar-refractivity contribution in [1.29, 1.82) is 0 Å². The van der Waals surface area contributed by atoms with E-state index in [0.29, 0.717) is 0 Å². The van der Waals surface area contributed by atoms with Crippen molar-refractivity contribution >= 4 is 11.9 Å². The first-order valence-electron chi connectivity index (χ1n) is 4.94. The molecule has 0 saturated carbocycles. The van der Waals surface area contributed by atoms with Crippen molar-refractivity contribution in [3.05, 3.63) is 0 Å². The molecular formula is C10H18CoO4. The second-order valence-electron chi connectivity index (χ2n) is 2.95. The SMILES string of the molecule is CCCCC(=O)[O-].CCCCC(=O)[O-].[Co+2]. The molecule has 4 nitrogen and oxygen atoms in total. The van der Waals surface area contributed by atoms with Crippen molar-refractivity contribution in [3.63, 3.8) is 0 Å². The van der Waals surface area contributed by atoms with Gasteiger partial charge in [-0.3, -0.25) is 0 Å². The third-order valence-corrected chi connectivity index (χ3v) is 1.47. The van der Waals surface area contributed by atoms with Crippen molar-refractivity contribution in [3.8, 4) is 0 Å². The number of hydrogen-bond donors (Lipinski definition) is 0. The van der Waals surface area contributed by atoms with Gasteiger partial charge in [-0.05, 0) is 25.7 Å². The molecule has 0 fully saturated rings. The Kier molecular flexibility index (Phi) is 21.1. The average molecular weight is 261 g/mol. The first-order chi connectivity index (χ1) is 6.54. The van der Waals surface area contributed by atoms with E-state index in [1.165, 1.54) is 0 Å². The van der Waals surface area contributed by atoms with Crippen molar-refractivity contribution in [1.82, 2.24) is 0 Å². The van der Waals surface area contributed by atoms with Crippen LogP contribution in [0.2, 0.25) is 0 Å². The molecule has 0 aliphatic heterocycles. The number of aliphatic carboxylic acids is 2. The molecule has 0 heterocycles. The molecule has 5 heteroatoms. The Hall–Kier alpha value is -0.554. The van der Waals surface area contributed by atoms with Gasteiger partial charge in [0, 0.05) is 11.9 Å². The van der Waals surface area contributed by atoms with Crippen molar-refractivity contribution in [2.24, 2.45) is 0 Å². The molecular weight excluding hydrogens is 243 g/mol. The van der Waals surface area contributed by atoms with E-state index in [0.717, 1.165) is 25.7 Å². The molecule has 0 aliphatic rings. The van der Waals surface area contributed by atoms with Gasteiger partial charge in [0.25, 0.3) is 0 Å². The molecule has 0 bridgehead atoms. The molecule has 0 spiro atoms. The van der Waals surface area contributed by atoms with E-state index in [9.17, 15) is 19.8 Å². The largest absolute Gasteiger partial charge is 2.00 e. The summed E-state index contributed by atoms with van der Waals surface area (Å²) in [5, 5.41) is 19.3. The van der Waals surface area contributed by atoms with Gasteiger partial charge in [0.15, 0.2) is 0 Å². The molecule has 0 aromatic carbocycles. The van der Waals surface area contributed by atoms with Crippen molar-refractivity contribution < 1.29 is 36.6 Å². The molecule has 0 amide bonds. The molecule has 0 atom stereocenters. The second-order valence-corrected chi connectivity index (χ2v) is 2.95. The zero-order valence-corrected chi connectivity index (χ0v) is 10.3. The van der Waals surface area contributed by atoms with Crippen LogP contribution in [-0.2, 0) is 26.4 Å². The number of carboxylic acid groups (broad SMARTS) is 2. The second kappa shape index (κ2) is 15.9. The number of unbranched alkanes of at least 4 members (excludes halogenated alkanes) is 2. The Morgan fingerprint density at radius 3 is 1.20 bits per heavy atom. The van der Waals surface area contributed by atoms with E-state index >= 15 is 0 Å². The smallest absolute Gasteiger partial charge is 0.550 e. The molecule has 15 heavy (non-hydrogen) atoms. The fourth-order valence-electron chi connectivity index (χ4n) is 0.642. The monoisotopic (exact) mass is 261 g/mol. The Morgan fingerprint density at radius 1 is 0.867 bits per heavy atom. The third kappa shape index (κ3) is 31.8. The first-order valence-corrected chi connectivity index (χ1v) is 4.94. The van der Waals surface area contributed by atoms with Crippen molar-refractivity contribution in [2.45, 2.75) is 52.4 Å². The zero-order chi connectivity index (χ0) is 11.4. The quantitative estimate of drug-likeness (QED) is 0.666. The summed E-state index contributed by atoms with van der Waals surface area (Å²) in [7, 11) is 0. The van der Waals surface area contributed by atoms with Crippen LogP contribution in [0.25, 0.3) is 0 Å². The van der Waals surface area contributed by atoms with Crippen LogP contribution in [0.1, 0.15) is 52.4 Å². The number of hydrogen-bond acceptors (Lipinski definition) is 4. The summed E-state index contributed by atoms with van der Waals surface area (Å²) in [4.78, 5) is 19.3. The number of rotatable bonds is 6. The van der Waals surface area contributed by atoms with E-state index in [2.05, 4.69) is 0 Å². The van der Waals surface area contributed by atoms with E-state index in [-0.39, 0.29) is 29.6 Å². The molecule has 0 aromatic rings. The van der Waals surface area contributed by atoms with Gasteiger partial charge in [-0.1, -0.05) is 26.7 Å². The van der Waals surface area contributed by atoms with Gasteiger partial charge in [-0.25, -0.2) is 0 Å². The van der Waals surface area contributed by atoms with Crippen LogP contribution in [0.5, 0.6) is 0 Å². The summed E-state index contributed by atoms with van der Waals surface area (Å²) in [6.07, 6.45) is 3.74. The normalized spacial score (nSPS) is 8.13. The summed E-state index contributed by atoms with van der Waals surface area (Å²) in [5.41, 5.74) is 0. The Balaban J connectivity index is -0.000000180. The minimum atomic E-state index is -0.943. The minimum absolute atomic E-state index is 0. The van der Waals surface area contributed by atoms with E-state index in [1.807, 2.05) is 13.8 Å². The van der Waals surface area contributed by atoms with E-state index in [4.69, 9.17) is 0 Å². The maximum absolute atomic E-state index is 9.65. The Labute approximate surface area is 101 Å². The topological polar surface area (TPSA) is 80.3 Å². The summed E-state index contributed by atoms with van der Waals surface area (Å²) < 4.78 is 0. The van der Waals surface area contributed by atoms with Gasteiger partial charge >= 0.3 is 16.8 Å². The molecule has 0 aliphatic carbocycles. The molecule has 1 radical (unpaired) electrons. The maximum atomic E-state index is 9.65. The van der Waals surface area contributed by atoms with Crippen LogP contribution in [-0.4, -0.2) is 11.9 Å². The fraction of sp³-hybridized carbons (Fsp3) is 0.800. The number of carboxylic acids is 2. The maximum Gasteiger partial charge on any atom is 2.00 e. The molecule has 0 aromatic heterocycles. The average Bonchev–Trinajstić information content (AvgIpc) is 2.12. The minimum Gasteiger partial charge on any atom is -0.550 e. The van der Waals surface area contributed by atoms with Crippen LogP contribution in [0.15, 0.2) is 0 Å². The van der Waals surface area contributed by atoms with Crippen LogP contribution in [0, 0.1) is 0 Å². The molecule has 0 unspecified atom stereocenters. The van der Waals surface area contributed by atoms with Crippen LogP contribution in [0.4, 0.5) is 0 Å². The van der Waals surface area contributed by atoms with Crippen molar-refractivity contribution in [2.75, 3.05) is 0 Å². The summed E-state index contributed by atoms with van der Waals surface area (Å²) in [6.45, 7) is 3.89. The van der Waals surface area contributed by atoms with Crippen LogP contribution < -0.4 is 10.2 Å². The molecule has 0 N–H and O–H groups in total. The van der Waals surface area contributed by atoms with Gasteiger partial charge < -0.3 is 19.8 Å². The van der Waals surface area contributed by atoms with Crippen LogP contribution >= 0.6 is 0 Å². The molecule has 0 saturated heterocycles. The van der Waals surface area contributed by atoms with Gasteiger partial charge in [0.2, 0.25) is 0 Å².